The second kappa shape index (κ2) is 7.03. The molecule has 62 valence electrons. The van der Waals surface area contributed by atoms with Crippen LogP contribution in [-0.2, 0) is 4.79 Å². The summed E-state index contributed by atoms with van der Waals surface area (Å²) in [6, 6.07) is 1.83. The zero-order valence-electron chi connectivity index (χ0n) is 6.68. The Kier molecular flexibility index (Phi) is 6.34. The normalized spacial score (nSPS) is 8.73. The molecule has 0 fully saturated rings. The van der Waals surface area contributed by atoms with Crippen LogP contribution in [-0.4, -0.2) is 25.5 Å². The molecule has 0 atom stereocenters. The number of rotatable bonds is 5. The highest BCUT2D eigenvalue weighted by Crippen LogP contribution is 1.69. The van der Waals surface area contributed by atoms with E-state index in [0.29, 0.717) is 6.54 Å². The summed E-state index contributed by atoms with van der Waals surface area (Å²) in [5.41, 5.74) is 0. The molecule has 0 unspecified atom stereocenters. The van der Waals surface area contributed by atoms with E-state index in [1.165, 1.54) is 0 Å². The van der Waals surface area contributed by atoms with Crippen molar-refractivity contribution < 1.29 is 4.79 Å². The average Bonchev–Trinajstić information content (AvgIpc) is 2.01. The second-order valence-electron chi connectivity index (χ2n) is 2.11. The fraction of sp³-hybridized carbons (Fsp3) is 0.714. The van der Waals surface area contributed by atoms with Crippen molar-refractivity contribution in [3.05, 3.63) is 0 Å². The van der Waals surface area contributed by atoms with Crippen LogP contribution < -0.4 is 10.6 Å². The molecule has 0 saturated carbocycles. The topological polar surface area (TPSA) is 64.9 Å². The van der Waals surface area contributed by atoms with Gasteiger partial charge in [0.2, 0.25) is 5.91 Å². The van der Waals surface area contributed by atoms with Crippen LogP contribution in [0.3, 0.4) is 0 Å². The number of hydrogen-bond acceptors (Lipinski definition) is 3. The van der Waals surface area contributed by atoms with E-state index < -0.39 is 0 Å². The van der Waals surface area contributed by atoms with Gasteiger partial charge in [-0.15, -0.1) is 0 Å². The van der Waals surface area contributed by atoms with Crippen molar-refractivity contribution in [1.29, 1.82) is 5.26 Å². The van der Waals surface area contributed by atoms with Gasteiger partial charge < -0.3 is 10.6 Å². The van der Waals surface area contributed by atoms with E-state index >= 15 is 0 Å². The Labute approximate surface area is 66.6 Å². The predicted molar refractivity (Wildman–Crippen MR) is 41.8 cm³/mol. The van der Waals surface area contributed by atoms with Gasteiger partial charge in [0.1, 0.15) is 6.54 Å². The third kappa shape index (κ3) is 6.81. The number of carbonyl (C=O) groups is 1. The van der Waals surface area contributed by atoms with Crippen molar-refractivity contribution >= 4 is 5.91 Å². The largest absolute Gasteiger partial charge is 0.342 e. The van der Waals surface area contributed by atoms with Gasteiger partial charge in [0.15, 0.2) is 0 Å². The predicted octanol–water partition coefficient (Wildman–Crippen LogP) is -0.374. The van der Waals surface area contributed by atoms with E-state index in [1.54, 1.807) is 0 Å². The van der Waals surface area contributed by atoms with Crippen molar-refractivity contribution in [2.24, 2.45) is 0 Å². The standard InChI is InChI=1S/C7H13N3O/c1-2-4-9-6-7(11)10-5-3-8/h9H,2,4-6H2,1H3,(H,10,11). The lowest BCUT2D eigenvalue weighted by atomic mass is 10.4. The zero-order chi connectivity index (χ0) is 8.53. The van der Waals surface area contributed by atoms with E-state index in [-0.39, 0.29) is 12.5 Å². The smallest absolute Gasteiger partial charge is 0.234 e. The maximum Gasteiger partial charge on any atom is 0.234 e. The molecule has 0 bridgehead atoms. The Morgan fingerprint density at radius 1 is 1.64 bits per heavy atom. The fourth-order valence-corrected chi connectivity index (χ4v) is 0.579. The number of nitrogens with zero attached hydrogens (tertiary/aromatic N) is 1. The van der Waals surface area contributed by atoms with Gasteiger partial charge in [-0.25, -0.2) is 0 Å². The number of nitriles is 1. The average molecular weight is 155 g/mol. The van der Waals surface area contributed by atoms with Crippen LogP contribution in [0.1, 0.15) is 13.3 Å². The molecule has 0 radical (unpaired) electrons. The molecule has 0 aromatic heterocycles. The van der Waals surface area contributed by atoms with E-state index in [4.69, 9.17) is 5.26 Å². The first-order valence-electron chi connectivity index (χ1n) is 3.65. The number of amides is 1. The molecule has 0 aliphatic heterocycles. The highest BCUT2D eigenvalue weighted by atomic mass is 16.1. The maximum atomic E-state index is 10.8. The molecule has 1 amide bonds. The Balaban J connectivity index is 3.17. The molecule has 11 heavy (non-hydrogen) atoms. The summed E-state index contributed by atoms with van der Waals surface area (Å²) in [5.74, 6) is -0.125. The maximum absolute atomic E-state index is 10.8. The van der Waals surface area contributed by atoms with Crippen molar-refractivity contribution in [2.75, 3.05) is 19.6 Å². The van der Waals surface area contributed by atoms with E-state index in [9.17, 15) is 4.79 Å². The Morgan fingerprint density at radius 3 is 2.91 bits per heavy atom. The van der Waals surface area contributed by atoms with Crippen molar-refractivity contribution in [1.82, 2.24) is 10.6 Å². The van der Waals surface area contributed by atoms with Gasteiger partial charge in [-0.3, -0.25) is 4.79 Å². The van der Waals surface area contributed by atoms with Crippen LogP contribution in [0.4, 0.5) is 0 Å². The van der Waals surface area contributed by atoms with Gasteiger partial charge in [-0.1, -0.05) is 6.92 Å². The van der Waals surface area contributed by atoms with Crippen molar-refractivity contribution in [3.8, 4) is 6.07 Å². The number of nitrogens with one attached hydrogen (secondary N) is 2. The summed E-state index contributed by atoms with van der Waals surface area (Å²) in [4.78, 5) is 10.8. The lowest BCUT2D eigenvalue weighted by Gasteiger charge is -2.01. The molecule has 0 aliphatic rings. The van der Waals surface area contributed by atoms with Gasteiger partial charge in [0.05, 0.1) is 12.6 Å². The zero-order valence-corrected chi connectivity index (χ0v) is 6.68. The molecule has 0 aromatic carbocycles. The molecule has 0 aliphatic carbocycles. The van der Waals surface area contributed by atoms with Gasteiger partial charge in [-0.2, -0.15) is 5.26 Å². The van der Waals surface area contributed by atoms with Crippen LogP contribution in [0, 0.1) is 11.3 Å². The summed E-state index contributed by atoms with van der Waals surface area (Å²) >= 11 is 0. The van der Waals surface area contributed by atoms with E-state index in [1.807, 2.05) is 13.0 Å². The summed E-state index contributed by atoms with van der Waals surface area (Å²) < 4.78 is 0. The number of hydrogen-bond donors (Lipinski definition) is 2. The summed E-state index contributed by atoms with van der Waals surface area (Å²) in [6.07, 6.45) is 1.01. The van der Waals surface area contributed by atoms with Gasteiger partial charge >= 0.3 is 0 Å². The van der Waals surface area contributed by atoms with Crippen LogP contribution in [0.2, 0.25) is 0 Å². The van der Waals surface area contributed by atoms with Crippen LogP contribution >= 0.6 is 0 Å². The van der Waals surface area contributed by atoms with E-state index in [0.717, 1.165) is 13.0 Å². The van der Waals surface area contributed by atoms with E-state index in [2.05, 4.69) is 10.6 Å². The Morgan fingerprint density at radius 2 is 2.36 bits per heavy atom. The summed E-state index contributed by atoms with van der Waals surface area (Å²) in [6.45, 7) is 3.25. The minimum Gasteiger partial charge on any atom is -0.342 e. The fourth-order valence-electron chi connectivity index (χ4n) is 0.579. The van der Waals surface area contributed by atoms with Crippen LogP contribution in [0.25, 0.3) is 0 Å². The Bertz CT molecular complexity index is 150. The molecular weight excluding hydrogens is 142 g/mol. The lowest BCUT2D eigenvalue weighted by molar-refractivity contribution is -0.120. The first kappa shape index (κ1) is 9.92. The molecule has 0 aromatic rings. The number of carbonyl (C=O) groups excluding carboxylic acids is 1. The van der Waals surface area contributed by atoms with Crippen molar-refractivity contribution in [2.45, 2.75) is 13.3 Å². The van der Waals surface area contributed by atoms with Crippen LogP contribution in [0.15, 0.2) is 0 Å². The third-order valence-corrected chi connectivity index (χ3v) is 1.08. The molecule has 4 nitrogen and oxygen atoms in total. The highest BCUT2D eigenvalue weighted by molar-refractivity contribution is 5.78. The van der Waals surface area contributed by atoms with Gasteiger partial charge in [0, 0.05) is 0 Å². The van der Waals surface area contributed by atoms with Crippen molar-refractivity contribution in [3.63, 3.8) is 0 Å². The monoisotopic (exact) mass is 155 g/mol. The van der Waals surface area contributed by atoms with Gasteiger partial charge in [0.25, 0.3) is 0 Å². The highest BCUT2D eigenvalue weighted by Gasteiger charge is 1.96. The molecular formula is C7H13N3O. The second-order valence-corrected chi connectivity index (χ2v) is 2.11. The Hall–Kier alpha value is -1.08. The van der Waals surface area contributed by atoms with Crippen LogP contribution in [0.5, 0.6) is 0 Å². The minimum absolute atomic E-state index is 0.0899. The summed E-state index contributed by atoms with van der Waals surface area (Å²) in [7, 11) is 0. The molecule has 4 heteroatoms. The molecule has 0 heterocycles. The first-order valence-corrected chi connectivity index (χ1v) is 3.65. The quantitative estimate of drug-likeness (QED) is 0.420. The lowest BCUT2D eigenvalue weighted by Crippen LogP contribution is -2.34. The molecule has 0 rings (SSSR count). The van der Waals surface area contributed by atoms with Gasteiger partial charge in [-0.05, 0) is 13.0 Å². The molecule has 2 N–H and O–H groups in total. The molecule has 0 saturated heterocycles. The first-order chi connectivity index (χ1) is 5.31. The summed E-state index contributed by atoms with van der Waals surface area (Å²) in [5, 5.41) is 13.5. The molecule has 0 spiro atoms. The third-order valence-electron chi connectivity index (χ3n) is 1.08. The minimum atomic E-state index is -0.125. The SMILES string of the molecule is CCCNCC(=O)NCC#N.